The van der Waals surface area contributed by atoms with Crippen LogP contribution in [0.15, 0.2) is 30.7 Å². The SMILES string of the molecule is C[C@@H](CF)Oc1cc(Nc2cc(N)nc(C(F)F)n2)ncc1-c1cnn(C)c1. The molecule has 3 N–H and O–H groups in total. The highest BCUT2D eigenvalue weighted by Gasteiger charge is 2.16. The number of hydrogen-bond donors (Lipinski definition) is 2. The number of alkyl halides is 3. The molecule has 0 amide bonds. The van der Waals surface area contributed by atoms with Crippen LogP contribution in [0.25, 0.3) is 11.1 Å². The van der Waals surface area contributed by atoms with E-state index in [0.29, 0.717) is 11.3 Å². The molecule has 11 heteroatoms. The van der Waals surface area contributed by atoms with Gasteiger partial charge in [0.25, 0.3) is 6.43 Å². The Kier molecular flexibility index (Phi) is 5.62. The van der Waals surface area contributed by atoms with Gasteiger partial charge < -0.3 is 15.8 Å². The second-order valence-corrected chi connectivity index (χ2v) is 6.01. The molecule has 0 unspecified atom stereocenters. The number of nitrogen functional groups attached to an aromatic ring is 1. The molecule has 3 aromatic rings. The molecule has 0 radical (unpaired) electrons. The zero-order valence-electron chi connectivity index (χ0n) is 15.1. The Morgan fingerprint density at radius 3 is 2.64 bits per heavy atom. The van der Waals surface area contributed by atoms with Gasteiger partial charge in [-0.1, -0.05) is 0 Å². The van der Waals surface area contributed by atoms with E-state index in [4.69, 9.17) is 10.5 Å². The average Bonchev–Trinajstić information content (AvgIpc) is 3.07. The Labute approximate surface area is 158 Å². The minimum Gasteiger partial charge on any atom is -0.487 e. The first kappa shape index (κ1) is 19.4. The second-order valence-electron chi connectivity index (χ2n) is 6.01. The van der Waals surface area contributed by atoms with E-state index >= 15 is 0 Å². The normalized spacial score (nSPS) is 12.2. The molecule has 0 aliphatic heterocycles. The molecule has 148 valence electrons. The summed E-state index contributed by atoms with van der Waals surface area (Å²) in [6.07, 6.45) is 1.34. The van der Waals surface area contributed by atoms with Crippen molar-refractivity contribution in [2.24, 2.45) is 7.05 Å². The molecule has 0 spiro atoms. The molecule has 0 aliphatic carbocycles. The van der Waals surface area contributed by atoms with Crippen LogP contribution in [-0.2, 0) is 7.05 Å². The van der Waals surface area contributed by atoms with Crippen molar-refractivity contribution in [3.8, 4) is 16.9 Å². The second kappa shape index (κ2) is 8.11. The Balaban J connectivity index is 1.95. The largest absolute Gasteiger partial charge is 0.487 e. The summed E-state index contributed by atoms with van der Waals surface area (Å²) in [4.78, 5) is 11.4. The fourth-order valence-corrected chi connectivity index (χ4v) is 2.41. The summed E-state index contributed by atoms with van der Waals surface area (Å²) in [5.41, 5.74) is 6.88. The summed E-state index contributed by atoms with van der Waals surface area (Å²) < 4.78 is 45.9. The van der Waals surface area contributed by atoms with Crippen LogP contribution in [0, 0.1) is 0 Å². The number of ether oxygens (including phenoxy) is 1. The van der Waals surface area contributed by atoms with Crippen molar-refractivity contribution in [2.75, 3.05) is 17.7 Å². The zero-order chi connectivity index (χ0) is 20.3. The van der Waals surface area contributed by atoms with Gasteiger partial charge in [-0.2, -0.15) is 5.10 Å². The quantitative estimate of drug-likeness (QED) is 0.635. The highest BCUT2D eigenvalue weighted by Crippen LogP contribution is 2.32. The first-order valence-corrected chi connectivity index (χ1v) is 8.27. The summed E-state index contributed by atoms with van der Waals surface area (Å²) in [6.45, 7) is 0.901. The summed E-state index contributed by atoms with van der Waals surface area (Å²) in [6, 6.07) is 2.82. The van der Waals surface area contributed by atoms with Crippen molar-refractivity contribution in [3.63, 3.8) is 0 Å². The first-order valence-electron chi connectivity index (χ1n) is 8.27. The van der Waals surface area contributed by atoms with Crippen LogP contribution in [0.3, 0.4) is 0 Å². The summed E-state index contributed by atoms with van der Waals surface area (Å²) in [7, 11) is 1.76. The maximum Gasteiger partial charge on any atom is 0.297 e. The van der Waals surface area contributed by atoms with E-state index in [-0.39, 0.29) is 17.5 Å². The number of anilines is 3. The van der Waals surface area contributed by atoms with Crippen LogP contribution in [-0.4, -0.2) is 37.5 Å². The molecule has 0 saturated carbocycles. The van der Waals surface area contributed by atoms with Crippen LogP contribution >= 0.6 is 0 Å². The number of halogens is 3. The van der Waals surface area contributed by atoms with E-state index in [1.165, 1.54) is 18.3 Å². The predicted octanol–water partition coefficient (Wildman–Crippen LogP) is 3.27. The molecule has 28 heavy (non-hydrogen) atoms. The van der Waals surface area contributed by atoms with Gasteiger partial charge in [0.1, 0.15) is 36.0 Å². The standard InChI is InChI=1S/C17H18F3N7O/c1-9(5-18)28-12-3-14(22-7-11(12)10-6-23-27(2)8-10)25-15-4-13(21)24-17(26-15)16(19)20/h3-4,6-9,16H,5H2,1-2H3,(H3,21,22,24,25,26)/t9-/m0/s1. The number of nitrogens with one attached hydrogen (secondary N) is 1. The van der Waals surface area contributed by atoms with Crippen molar-refractivity contribution < 1.29 is 17.9 Å². The van der Waals surface area contributed by atoms with Crippen molar-refractivity contribution in [1.29, 1.82) is 0 Å². The third-order valence-corrected chi connectivity index (χ3v) is 3.64. The van der Waals surface area contributed by atoms with E-state index in [1.807, 2.05) is 0 Å². The highest BCUT2D eigenvalue weighted by atomic mass is 19.3. The lowest BCUT2D eigenvalue weighted by Crippen LogP contribution is -2.14. The summed E-state index contributed by atoms with van der Waals surface area (Å²) in [5.74, 6) is -0.146. The summed E-state index contributed by atoms with van der Waals surface area (Å²) in [5, 5.41) is 6.89. The van der Waals surface area contributed by atoms with Crippen molar-refractivity contribution >= 4 is 17.5 Å². The average molecular weight is 393 g/mol. The Morgan fingerprint density at radius 2 is 2.00 bits per heavy atom. The number of rotatable bonds is 7. The van der Waals surface area contributed by atoms with Crippen molar-refractivity contribution in [2.45, 2.75) is 19.5 Å². The maximum atomic E-state index is 12.9. The topological polar surface area (TPSA) is 104 Å². The van der Waals surface area contributed by atoms with Gasteiger partial charge >= 0.3 is 0 Å². The van der Waals surface area contributed by atoms with Crippen LogP contribution in [0.1, 0.15) is 19.2 Å². The van der Waals surface area contributed by atoms with E-state index in [1.54, 1.807) is 31.0 Å². The van der Waals surface area contributed by atoms with Gasteiger partial charge in [0.05, 0.1) is 6.20 Å². The molecular formula is C17H18F3N7O. The van der Waals surface area contributed by atoms with Gasteiger partial charge in [-0.05, 0) is 6.92 Å². The molecule has 0 aromatic carbocycles. The Bertz CT molecular complexity index is 964. The maximum absolute atomic E-state index is 12.9. The smallest absolute Gasteiger partial charge is 0.297 e. The van der Waals surface area contributed by atoms with E-state index < -0.39 is 25.0 Å². The van der Waals surface area contributed by atoms with Gasteiger partial charge in [0.15, 0.2) is 5.82 Å². The molecular weight excluding hydrogens is 375 g/mol. The van der Waals surface area contributed by atoms with Gasteiger partial charge in [-0.15, -0.1) is 0 Å². The van der Waals surface area contributed by atoms with Crippen LogP contribution in [0.2, 0.25) is 0 Å². The summed E-state index contributed by atoms with van der Waals surface area (Å²) >= 11 is 0. The van der Waals surface area contributed by atoms with Crippen LogP contribution in [0.5, 0.6) is 5.75 Å². The van der Waals surface area contributed by atoms with Crippen molar-refractivity contribution in [3.05, 3.63) is 36.5 Å². The van der Waals surface area contributed by atoms with E-state index in [0.717, 1.165) is 5.56 Å². The third kappa shape index (κ3) is 4.48. The van der Waals surface area contributed by atoms with Gasteiger partial charge in [0.2, 0.25) is 0 Å². The molecule has 1 atom stereocenters. The minimum atomic E-state index is -2.87. The highest BCUT2D eigenvalue weighted by molar-refractivity contribution is 5.71. The molecule has 0 bridgehead atoms. The van der Waals surface area contributed by atoms with Crippen LogP contribution in [0.4, 0.5) is 30.6 Å². The number of pyridine rings is 1. The molecule has 3 aromatic heterocycles. The molecule has 0 saturated heterocycles. The molecule has 0 aliphatic rings. The number of hydrogen-bond acceptors (Lipinski definition) is 7. The number of aryl methyl sites for hydroxylation is 1. The first-order chi connectivity index (χ1) is 13.4. The van der Waals surface area contributed by atoms with Gasteiger partial charge in [-0.3, -0.25) is 4.68 Å². The fourth-order valence-electron chi connectivity index (χ4n) is 2.41. The number of nitrogens with two attached hydrogens (primary N) is 1. The molecule has 3 rings (SSSR count). The Morgan fingerprint density at radius 1 is 1.21 bits per heavy atom. The monoisotopic (exact) mass is 393 g/mol. The lowest BCUT2D eigenvalue weighted by Gasteiger charge is -2.16. The van der Waals surface area contributed by atoms with Crippen molar-refractivity contribution in [1.82, 2.24) is 24.7 Å². The van der Waals surface area contributed by atoms with Gasteiger partial charge in [0, 0.05) is 42.7 Å². The third-order valence-electron chi connectivity index (χ3n) is 3.64. The Hall–Kier alpha value is -3.37. The number of nitrogens with zero attached hydrogens (tertiary/aromatic N) is 5. The number of aromatic nitrogens is 5. The predicted molar refractivity (Wildman–Crippen MR) is 97.2 cm³/mol. The zero-order valence-corrected chi connectivity index (χ0v) is 15.1. The van der Waals surface area contributed by atoms with Gasteiger partial charge in [-0.25, -0.2) is 28.1 Å². The molecule has 8 nitrogen and oxygen atoms in total. The van der Waals surface area contributed by atoms with Crippen LogP contribution < -0.4 is 15.8 Å². The lowest BCUT2D eigenvalue weighted by molar-refractivity contribution is 0.140. The van der Waals surface area contributed by atoms with E-state index in [2.05, 4.69) is 25.4 Å². The fraction of sp³-hybridized carbons (Fsp3) is 0.294. The lowest BCUT2D eigenvalue weighted by atomic mass is 10.1. The molecule has 3 heterocycles. The van der Waals surface area contributed by atoms with E-state index in [9.17, 15) is 13.2 Å². The molecule has 0 fully saturated rings. The minimum absolute atomic E-state index is 0.0499.